The third-order valence-corrected chi connectivity index (χ3v) is 8.33. The largest absolute Gasteiger partial charge is 0.441 e. The average Bonchev–Trinajstić information content (AvgIpc) is 3.18. The molecule has 1 spiro atoms. The van der Waals surface area contributed by atoms with E-state index in [9.17, 15) is 9.18 Å². The number of hydrogen-bond acceptors (Lipinski definition) is 7. The van der Waals surface area contributed by atoms with Gasteiger partial charge in [-0.25, -0.2) is 14.2 Å². The van der Waals surface area contributed by atoms with Crippen LogP contribution in [0.3, 0.4) is 0 Å². The summed E-state index contributed by atoms with van der Waals surface area (Å²) >= 11 is 6.37. The number of rotatable bonds is 3. The van der Waals surface area contributed by atoms with Gasteiger partial charge in [-0.2, -0.15) is 0 Å². The fraction of sp³-hybridized carbons (Fsp3) is 0.462. The van der Waals surface area contributed by atoms with Gasteiger partial charge in [-0.3, -0.25) is 9.47 Å². The molecular weight excluding hydrogens is 499 g/mol. The van der Waals surface area contributed by atoms with E-state index in [4.69, 9.17) is 21.1 Å². The van der Waals surface area contributed by atoms with Gasteiger partial charge in [0.25, 0.3) is 0 Å². The van der Waals surface area contributed by atoms with Crippen molar-refractivity contribution in [2.45, 2.75) is 44.4 Å². The van der Waals surface area contributed by atoms with Crippen LogP contribution in [0, 0.1) is 11.2 Å². The van der Waals surface area contributed by atoms with Crippen LogP contribution in [-0.4, -0.2) is 63.1 Å². The smallest absolute Gasteiger partial charge is 0.411 e. The van der Waals surface area contributed by atoms with Crippen molar-refractivity contribution in [3.63, 3.8) is 0 Å². The summed E-state index contributed by atoms with van der Waals surface area (Å²) in [7, 11) is 0. The van der Waals surface area contributed by atoms with Crippen molar-refractivity contribution in [2.24, 2.45) is 5.41 Å². The van der Waals surface area contributed by atoms with Crippen molar-refractivity contribution >= 4 is 23.5 Å². The third-order valence-electron chi connectivity index (χ3n) is 8.10. The lowest BCUT2D eigenvalue weighted by atomic mass is 9.57. The molecule has 0 bridgehead atoms. The predicted octanol–water partition coefficient (Wildman–Crippen LogP) is 4.25. The van der Waals surface area contributed by atoms with Gasteiger partial charge in [-0.1, -0.05) is 11.6 Å². The van der Waals surface area contributed by atoms with E-state index in [1.165, 1.54) is 12.3 Å². The summed E-state index contributed by atoms with van der Waals surface area (Å²) in [4.78, 5) is 21.2. The van der Waals surface area contributed by atoms with Gasteiger partial charge in [0.2, 0.25) is 0 Å². The minimum atomic E-state index is -0.392. The fourth-order valence-corrected chi connectivity index (χ4v) is 6.27. The summed E-state index contributed by atoms with van der Waals surface area (Å²) in [6, 6.07) is 8.59. The highest BCUT2D eigenvalue weighted by molar-refractivity contribution is 6.30. The number of anilines is 1. The Hall–Kier alpha value is -3.24. The van der Waals surface area contributed by atoms with E-state index in [1.54, 1.807) is 11.0 Å². The molecule has 3 fully saturated rings. The maximum Gasteiger partial charge on any atom is 0.411 e. The predicted molar refractivity (Wildman–Crippen MR) is 132 cm³/mol. The monoisotopic (exact) mass is 524 g/mol. The van der Waals surface area contributed by atoms with Crippen LogP contribution in [0.5, 0.6) is 0 Å². The Morgan fingerprint density at radius 3 is 2.65 bits per heavy atom. The van der Waals surface area contributed by atoms with Gasteiger partial charge >= 0.3 is 6.09 Å². The minimum absolute atomic E-state index is 0.214. The molecule has 1 saturated carbocycles. The molecule has 0 radical (unpaired) electrons. The van der Waals surface area contributed by atoms with Crippen LogP contribution < -0.4 is 4.90 Å². The maximum absolute atomic E-state index is 13.2. The fourth-order valence-electron chi connectivity index (χ4n) is 6.07. The van der Waals surface area contributed by atoms with Gasteiger partial charge < -0.3 is 14.4 Å². The van der Waals surface area contributed by atoms with Crippen molar-refractivity contribution in [1.29, 1.82) is 0 Å². The van der Waals surface area contributed by atoms with Gasteiger partial charge in [0.1, 0.15) is 17.5 Å². The Balaban J connectivity index is 1.15. The molecule has 3 aliphatic heterocycles. The van der Waals surface area contributed by atoms with E-state index in [1.807, 2.05) is 25.1 Å². The van der Waals surface area contributed by atoms with Crippen molar-refractivity contribution in [3.8, 4) is 5.69 Å². The minimum Gasteiger partial charge on any atom is -0.441 e. The molecule has 5 heterocycles. The van der Waals surface area contributed by atoms with E-state index in [0.717, 1.165) is 48.8 Å². The SMILES string of the molecule is CC1c2nnc(C3CC4(C3)CN(c3ccc(F)cn3)C4)n2-c2ccc(Cl)cc2CN1C(=O)OC1COC1. The van der Waals surface area contributed by atoms with Crippen LogP contribution >= 0.6 is 11.6 Å². The third kappa shape index (κ3) is 3.76. The first kappa shape index (κ1) is 22.9. The van der Waals surface area contributed by atoms with Crippen LogP contribution in [0.4, 0.5) is 15.0 Å². The number of nitrogens with zero attached hydrogens (tertiary/aromatic N) is 6. The number of fused-ring (bicyclic) bond motifs is 3. The van der Waals surface area contributed by atoms with Crippen LogP contribution in [0.1, 0.15) is 48.9 Å². The number of pyridine rings is 1. The van der Waals surface area contributed by atoms with Gasteiger partial charge in [0.15, 0.2) is 11.9 Å². The van der Waals surface area contributed by atoms with Crippen molar-refractivity contribution < 1.29 is 18.7 Å². The second kappa shape index (κ2) is 8.39. The number of carbonyl (C=O) groups is 1. The summed E-state index contributed by atoms with van der Waals surface area (Å²) < 4.78 is 26.2. The average molecular weight is 525 g/mol. The summed E-state index contributed by atoms with van der Waals surface area (Å²) in [6.07, 6.45) is 2.64. The normalized spacial score (nSPS) is 22.4. The van der Waals surface area contributed by atoms with Crippen LogP contribution in [0.2, 0.25) is 5.02 Å². The lowest BCUT2D eigenvalue weighted by Gasteiger charge is -2.59. The zero-order valence-electron chi connectivity index (χ0n) is 20.3. The van der Waals surface area contributed by atoms with E-state index in [-0.39, 0.29) is 29.3 Å². The zero-order valence-corrected chi connectivity index (χ0v) is 21.1. The molecule has 1 unspecified atom stereocenters. The zero-order chi connectivity index (χ0) is 25.3. The first-order valence-corrected chi connectivity index (χ1v) is 12.9. The highest BCUT2D eigenvalue weighted by atomic mass is 35.5. The highest BCUT2D eigenvalue weighted by Crippen LogP contribution is 2.56. The number of ether oxygens (including phenoxy) is 2. The van der Waals surface area contributed by atoms with Crippen molar-refractivity contribution in [2.75, 3.05) is 31.2 Å². The Morgan fingerprint density at radius 2 is 1.95 bits per heavy atom. The molecule has 4 aliphatic rings. The summed E-state index contributed by atoms with van der Waals surface area (Å²) in [5.74, 6) is 2.37. The Kier molecular flexibility index (Phi) is 5.20. The summed E-state index contributed by atoms with van der Waals surface area (Å²) in [5.41, 5.74) is 2.08. The second-order valence-electron chi connectivity index (χ2n) is 10.7. The molecule has 2 aromatic heterocycles. The van der Waals surface area contributed by atoms with Crippen LogP contribution in [-0.2, 0) is 16.0 Å². The van der Waals surface area contributed by atoms with Gasteiger partial charge in [-0.15, -0.1) is 10.2 Å². The molecule has 2 saturated heterocycles. The molecule has 1 amide bonds. The number of carbonyl (C=O) groups excluding carboxylic acids is 1. The first-order chi connectivity index (χ1) is 17.9. The number of hydrogen-bond donors (Lipinski definition) is 0. The van der Waals surface area contributed by atoms with Crippen molar-refractivity contribution in [1.82, 2.24) is 24.6 Å². The van der Waals surface area contributed by atoms with E-state index >= 15 is 0 Å². The highest BCUT2D eigenvalue weighted by Gasteiger charge is 2.54. The molecule has 3 aromatic rings. The lowest BCUT2D eigenvalue weighted by molar-refractivity contribution is -0.106. The van der Waals surface area contributed by atoms with Crippen LogP contribution in [0.25, 0.3) is 5.69 Å². The summed E-state index contributed by atoms with van der Waals surface area (Å²) in [5, 5.41) is 9.83. The number of benzene rings is 1. The number of amides is 1. The standard InChI is InChI=1S/C26H26ClFN6O3/c1-15-23-30-31-24(17-7-26(8-17)13-32(14-26)22-5-3-19(28)9-29-22)34(23)21-4-2-18(27)6-16(21)10-33(15)25(35)37-20-11-36-12-20/h2-6,9,15,17,20H,7-8,10-14H2,1H3. The van der Waals surface area contributed by atoms with Crippen molar-refractivity contribution in [3.05, 3.63) is 64.6 Å². The topological polar surface area (TPSA) is 85.6 Å². The Bertz CT molecular complexity index is 1360. The van der Waals surface area contributed by atoms with E-state index in [2.05, 4.69) is 24.6 Å². The van der Waals surface area contributed by atoms with Gasteiger partial charge in [-0.05, 0) is 55.7 Å². The van der Waals surface area contributed by atoms with Crippen LogP contribution in [0.15, 0.2) is 36.5 Å². The van der Waals surface area contributed by atoms with Gasteiger partial charge in [0, 0.05) is 29.4 Å². The van der Waals surface area contributed by atoms with E-state index < -0.39 is 6.09 Å². The molecule has 9 nitrogen and oxygen atoms in total. The molecule has 11 heteroatoms. The molecule has 1 atom stereocenters. The maximum atomic E-state index is 13.2. The lowest BCUT2D eigenvalue weighted by Crippen LogP contribution is -2.62. The molecule has 0 N–H and O–H groups in total. The first-order valence-electron chi connectivity index (χ1n) is 12.5. The molecule has 37 heavy (non-hydrogen) atoms. The Labute approximate surface area is 218 Å². The summed E-state index contributed by atoms with van der Waals surface area (Å²) in [6.45, 7) is 4.97. The number of halogens is 2. The molecular formula is C26H26ClFN6O3. The second-order valence-corrected chi connectivity index (χ2v) is 11.1. The molecule has 192 valence electrons. The number of aromatic nitrogens is 4. The van der Waals surface area contributed by atoms with E-state index in [0.29, 0.717) is 30.6 Å². The quantitative estimate of drug-likeness (QED) is 0.506. The molecule has 1 aliphatic carbocycles. The Morgan fingerprint density at radius 1 is 1.16 bits per heavy atom. The molecule has 1 aromatic carbocycles. The van der Waals surface area contributed by atoms with Gasteiger partial charge in [0.05, 0.1) is 37.7 Å². The molecule has 7 rings (SSSR count).